The Hall–Kier alpha value is -1.23. The largest absolute Gasteiger partial charge is 0.369 e. The molecule has 1 atom stereocenters. The molecule has 1 fully saturated rings. The summed E-state index contributed by atoms with van der Waals surface area (Å²) in [6, 6.07) is 8.36. The summed E-state index contributed by atoms with van der Waals surface area (Å²) in [5, 5.41) is 6.52. The molecule has 2 heterocycles. The summed E-state index contributed by atoms with van der Waals surface area (Å²) in [7, 11) is 0. The third-order valence-corrected chi connectivity index (χ3v) is 4.05. The lowest BCUT2D eigenvalue weighted by Gasteiger charge is -2.21. The van der Waals surface area contributed by atoms with Crippen molar-refractivity contribution in [3.63, 3.8) is 0 Å². The van der Waals surface area contributed by atoms with Crippen LogP contribution in [-0.2, 0) is 4.74 Å². The van der Waals surface area contributed by atoms with Crippen molar-refractivity contribution in [1.82, 2.24) is 10.3 Å². The minimum atomic E-state index is 0.104. The summed E-state index contributed by atoms with van der Waals surface area (Å²) in [5.41, 5.74) is 3.53. The Kier molecular flexibility index (Phi) is 3.41. The lowest BCUT2D eigenvalue weighted by molar-refractivity contribution is 0.0254. The van der Waals surface area contributed by atoms with Crippen molar-refractivity contribution in [2.24, 2.45) is 0 Å². The predicted molar refractivity (Wildman–Crippen MR) is 73.8 cm³/mol. The van der Waals surface area contributed by atoms with Crippen molar-refractivity contribution in [1.29, 1.82) is 0 Å². The molecule has 94 valence electrons. The van der Waals surface area contributed by atoms with E-state index in [2.05, 4.69) is 41.9 Å². The first-order valence-electron chi connectivity index (χ1n) is 6.18. The zero-order chi connectivity index (χ0) is 12.4. The van der Waals surface area contributed by atoms with Crippen LogP contribution in [0.15, 0.2) is 29.6 Å². The standard InChI is InChI=1S/C14H16N2OS/c1-10-4-2-3-5-11(10)14-16-12(9-18-14)13-8-15-6-7-17-13/h2-5,9,13,15H,6-8H2,1H3. The van der Waals surface area contributed by atoms with Crippen LogP contribution in [0.1, 0.15) is 17.4 Å². The van der Waals surface area contributed by atoms with Gasteiger partial charge in [-0.05, 0) is 12.5 Å². The fourth-order valence-electron chi connectivity index (χ4n) is 2.13. The van der Waals surface area contributed by atoms with Crippen LogP contribution in [0.3, 0.4) is 0 Å². The van der Waals surface area contributed by atoms with Crippen LogP contribution < -0.4 is 5.32 Å². The van der Waals surface area contributed by atoms with Crippen LogP contribution in [0, 0.1) is 6.92 Å². The molecule has 0 saturated carbocycles. The van der Waals surface area contributed by atoms with Gasteiger partial charge < -0.3 is 10.1 Å². The van der Waals surface area contributed by atoms with Crippen molar-refractivity contribution < 1.29 is 4.74 Å². The molecule has 0 amide bonds. The third-order valence-electron chi connectivity index (χ3n) is 3.15. The number of rotatable bonds is 2. The maximum absolute atomic E-state index is 5.73. The molecule has 0 aliphatic carbocycles. The monoisotopic (exact) mass is 260 g/mol. The molecular weight excluding hydrogens is 244 g/mol. The van der Waals surface area contributed by atoms with E-state index >= 15 is 0 Å². The highest BCUT2D eigenvalue weighted by molar-refractivity contribution is 7.13. The zero-order valence-electron chi connectivity index (χ0n) is 10.3. The van der Waals surface area contributed by atoms with E-state index in [4.69, 9.17) is 9.72 Å². The number of benzene rings is 1. The molecule has 1 N–H and O–H groups in total. The van der Waals surface area contributed by atoms with Gasteiger partial charge in [0.05, 0.1) is 12.3 Å². The fraction of sp³-hybridized carbons (Fsp3) is 0.357. The van der Waals surface area contributed by atoms with Crippen LogP contribution in [0.2, 0.25) is 0 Å². The van der Waals surface area contributed by atoms with Gasteiger partial charge in [0, 0.05) is 24.0 Å². The minimum Gasteiger partial charge on any atom is -0.369 e. The molecule has 18 heavy (non-hydrogen) atoms. The normalized spacial score (nSPS) is 19.9. The second kappa shape index (κ2) is 5.18. The Labute approximate surface area is 111 Å². The van der Waals surface area contributed by atoms with E-state index < -0.39 is 0 Å². The molecule has 0 spiro atoms. The molecular formula is C14H16N2OS. The predicted octanol–water partition coefficient (Wildman–Crippen LogP) is 2.78. The number of hydrogen-bond acceptors (Lipinski definition) is 4. The zero-order valence-corrected chi connectivity index (χ0v) is 11.2. The molecule has 3 nitrogen and oxygen atoms in total. The second-order valence-corrected chi connectivity index (χ2v) is 5.31. The molecule has 0 bridgehead atoms. The van der Waals surface area contributed by atoms with Gasteiger partial charge in [0.25, 0.3) is 0 Å². The number of nitrogens with one attached hydrogen (secondary N) is 1. The van der Waals surface area contributed by atoms with E-state index in [1.54, 1.807) is 11.3 Å². The molecule has 3 rings (SSSR count). The number of ether oxygens (including phenoxy) is 1. The molecule has 1 aliphatic heterocycles. The highest BCUT2D eigenvalue weighted by Gasteiger charge is 2.19. The lowest BCUT2D eigenvalue weighted by atomic mass is 10.1. The fourth-order valence-corrected chi connectivity index (χ4v) is 3.08. The van der Waals surface area contributed by atoms with Gasteiger partial charge in [0.1, 0.15) is 11.1 Å². The first-order chi connectivity index (χ1) is 8.84. The van der Waals surface area contributed by atoms with Crippen molar-refractivity contribution in [2.75, 3.05) is 19.7 Å². The van der Waals surface area contributed by atoms with E-state index in [1.165, 1.54) is 11.1 Å². The van der Waals surface area contributed by atoms with Crippen LogP contribution in [0.4, 0.5) is 0 Å². The Balaban J connectivity index is 1.87. The SMILES string of the molecule is Cc1ccccc1-c1nc(C2CNCCO2)cs1. The van der Waals surface area contributed by atoms with Crippen LogP contribution in [-0.4, -0.2) is 24.7 Å². The van der Waals surface area contributed by atoms with Crippen molar-refractivity contribution in [3.05, 3.63) is 40.9 Å². The molecule has 1 saturated heterocycles. The average molecular weight is 260 g/mol. The maximum atomic E-state index is 5.73. The number of nitrogens with zero attached hydrogens (tertiary/aromatic N) is 1. The summed E-state index contributed by atoms with van der Waals surface area (Å²) >= 11 is 1.69. The topological polar surface area (TPSA) is 34.2 Å². The molecule has 0 radical (unpaired) electrons. The Morgan fingerprint density at radius 2 is 2.28 bits per heavy atom. The number of morpholine rings is 1. The quantitative estimate of drug-likeness (QED) is 0.901. The second-order valence-electron chi connectivity index (χ2n) is 4.46. The van der Waals surface area contributed by atoms with Crippen LogP contribution in [0.25, 0.3) is 10.6 Å². The smallest absolute Gasteiger partial charge is 0.123 e. The van der Waals surface area contributed by atoms with E-state index in [1.807, 2.05) is 0 Å². The Bertz CT molecular complexity index is 532. The Morgan fingerprint density at radius 3 is 3.06 bits per heavy atom. The van der Waals surface area contributed by atoms with Gasteiger partial charge in [0.15, 0.2) is 0 Å². The van der Waals surface area contributed by atoms with Gasteiger partial charge in [0.2, 0.25) is 0 Å². The number of hydrogen-bond donors (Lipinski definition) is 1. The van der Waals surface area contributed by atoms with Crippen molar-refractivity contribution in [2.45, 2.75) is 13.0 Å². The molecule has 1 unspecified atom stereocenters. The van der Waals surface area contributed by atoms with Gasteiger partial charge in [-0.3, -0.25) is 0 Å². The summed E-state index contributed by atoms with van der Waals surface area (Å²) in [6.07, 6.45) is 0.104. The van der Waals surface area contributed by atoms with Crippen LogP contribution >= 0.6 is 11.3 Å². The maximum Gasteiger partial charge on any atom is 0.123 e. The van der Waals surface area contributed by atoms with Crippen molar-refractivity contribution in [3.8, 4) is 10.6 Å². The molecule has 1 aromatic heterocycles. The van der Waals surface area contributed by atoms with E-state index in [-0.39, 0.29) is 6.10 Å². The molecule has 2 aromatic rings. The number of aryl methyl sites for hydroxylation is 1. The van der Waals surface area contributed by atoms with Gasteiger partial charge in [-0.2, -0.15) is 0 Å². The van der Waals surface area contributed by atoms with E-state index in [9.17, 15) is 0 Å². The molecule has 1 aromatic carbocycles. The van der Waals surface area contributed by atoms with Crippen molar-refractivity contribution >= 4 is 11.3 Å². The lowest BCUT2D eigenvalue weighted by Crippen LogP contribution is -2.33. The molecule has 1 aliphatic rings. The highest BCUT2D eigenvalue weighted by atomic mass is 32.1. The third kappa shape index (κ3) is 2.32. The van der Waals surface area contributed by atoms with Gasteiger partial charge in [-0.25, -0.2) is 4.98 Å². The first kappa shape index (κ1) is 11.8. The average Bonchev–Trinajstić information content (AvgIpc) is 2.90. The number of aromatic nitrogens is 1. The minimum absolute atomic E-state index is 0.104. The highest BCUT2D eigenvalue weighted by Crippen LogP contribution is 2.29. The van der Waals surface area contributed by atoms with E-state index in [0.29, 0.717) is 0 Å². The summed E-state index contributed by atoms with van der Waals surface area (Å²) < 4.78 is 5.73. The summed E-state index contributed by atoms with van der Waals surface area (Å²) in [6.45, 7) is 4.68. The molecule has 4 heteroatoms. The Morgan fingerprint density at radius 1 is 1.39 bits per heavy atom. The van der Waals surface area contributed by atoms with Gasteiger partial charge >= 0.3 is 0 Å². The van der Waals surface area contributed by atoms with Gasteiger partial charge in [-0.1, -0.05) is 24.3 Å². The van der Waals surface area contributed by atoms with Gasteiger partial charge in [-0.15, -0.1) is 11.3 Å². The summed E-state index contributed by atoms with van der Waals surface area (Å²) in [5.74, 6) is 0. The van der Waals surface area contributed by atoms with Crippen LogP contribution in [0.5, 0.6) is 0 Å². The summed E-state index contributed by atoms with van der Waals surface area (Å²) in [4.78, 5) is 4.72. The van der Waals surface area contributed by atoms with E-state index in [0.717, 1.165) is 30.4 Å². The first-order valence-corrected chi connectivity index (χ1v) is 7.06. The number of thiazole rings is 1.